The minimum absolute atomic E-state index is 0.351. The summed E-state index contributed by atoms with van der Waals surface area (Å²) in [5.74, 6) is 0. The number of rotatable bonds is 2. The van der Waals surface area contributed by atoms with E-state index in [0.717, 1.165) is 6.54 Å². The molecule has 2 aromatic rings. The second kappa shape index (κ2) is 5.10. The predicted octanol–water partition coefficient (Wildman–Crippen LogP) is 3.86. The number of nitrogens with zero attached hydrogens (tertiary/aromatic N) is 1. The molecule has 2 heterocycles. The van der Waals surface area contributed by atoms with Crippen LogP contribution in [0.4, 0.5) is 5.69 Å². The third-order valence-corrected chi connectivity index (χ3v) is 6.40. The highest BCUT2D eigenvalue weighted by molar-refractivity contribution is 5.66. The van der Waals surface area contributed by atoms with Crippen molar-refractivity contribution in [3.05, 3.63) is 65.7 Å². The normalized spacial score (nSPS) is 31.6. The lowest BCUT2D eigenvalue weighted by Gasteiger charge is -2.44. The highest BCUT2D eigenvalue weighted by atomic mass is 15.2. The second-order valence-electron chi connectivity index (χ2n) is 7.37. The van der Waals surface area contributed by atoms with Gasteiger partial charge in [-0.1, -0.05) is 48.5 Å². The van der Waals surface area contributed by atoms with Gasteiger partial charge in [-0.3, -0.25) is 0 Å². The van der Waals surface area contributed by atoms with Crippen LogP contribution in [0.1, 0.15) is 36.8 Å². The van der Waals surface area contributed by atoms with Crippen LogP contribution >= 0.6 is 0 Å². The van der Waals surface area contributed by atoms with E-state index >= 15 is 0 Å². The van der Waals surface area contributed by atoms with Gasteiger partial charge < -0.3 is 10.2 Å². The molecule has 2 heteroatoms. The quantitative estimate of drug-likeness (QED) is 0.906. The van der Waals surface area contributed by atoms with Crippen LogP contribution in [-0.4, -0.2) is 18.6 Å². The first-order valence-electron chi connectivity index (χ1n) is 9.03. The molecule has 5 rings (SSSR count). The molecule has 1 N–H and O–H groups in total. The largest absolute Gasteiger partial charge is 0.363 e. The minimum atomic E-state index is 0.351. The van der Waals surface area contributed by atoms with E-state index in [-0.39, 0.29) is 0 Å². The maximum atomic E-state index is 3.82. The molecule has 1 saturated carbocycles. The number of para-hydroxylation sites is 1. The molecule has 3 atom stereocenters. The standard InChI is InChI=1S/C21H24N2/c1-2-7-16(8-3-1)15-23-18-10-5-4-9-17(18)21-13-14-22-19(21)11-6-12-20(21)23/h1-5,7-10,19-20,22H,6,11-15H2/t19-,20-,21+/m1/s1. The lowest BCUT2D eigenvalue weighted by molar-refractivity contribution is 0.235. The fourth-order valence-corrected chi connectivity index (χ4v) is 5.54. The summed E-state index contributed by atoms with van der Waals surface area (Å²) in [5.41, 5.74) is 4.86. The van der Waals surface area contributed by atoms with Crippen LogP contribution in [0.5, 0.6) is 0 Å². The smallest absolute Gasteiger partial charge is 0.0433 e. The molecule has 118 valence electrons. The van der Waals surface area contributed by atoms with E-state index in [1.54, 1.807) is 5.56 Å². The number of hydrogen-bond donors (Lipinski definition) is 1. The highest BCUT2D eigenvalue weighted by Crippen LogP contribution is 2.56. The van der Waals surface area contributed by atoms with Gasteiger partial charge in [-0.25, -0.2) is 0 Å². The monoisotopic (exact) mass is 304 g/mol. The van der Waals surface area contributed by atoms with Gasteiger partial charge in [0.1, 0.15) is 0 Å². The number of benzene rings is 2. The van der Waals surface area contributed by atoms with E-state index in [2.05, 4.69) is 64.8 Å². The SMILES string of the molecule is c1ccc(CN2c3ccccc3[C@@]34CCN[C@@H]3CCC[C@@H]24)cc1. The molecule has 2 nitrogen and oxygen atoms in total. The predicted molar refractivity (Wildman–Crippen MR) is 94.8 cm³/mol. The summed E-state index contributed by atoms with van der Waals surface area (Å²) in [6, 6.07) is 21.5. The van der Waals surface area contributed by atoms with Crippen molar-refractivity contribution < 1.29 is 0 Å². The van der Waals surface area contributed by atoms with Crippen LogP contribution in [0.15, 0.2) is 54.6 Å². The topological polar surface area (TPSA) is 15.3 Å². The van der Waals surface area contributed by atoms with E-state index in [4.69, 9.17) is 0 Å². The van der Waals surface area contributed by atoms with Gasteiger partial charge in [0.2, 0.25) is 0 Å². The summed E-state index contributed by atoms with van der Waals surface area (Å²) in [4.78, 5) is 2.71. The van der Waals surface area contributed by atoms with Gasteiger partial charge >= 0.3 is 0 Å². The van der Waals surface area contributed by atoms with Gasteiger partial charge in [-0.15, -0.1) is 0 Å². The van der Waals surface area contributed by atoms with Crippen LogP contribution in [0.2, 0.25) is 0 Å². The van der Waals surface area contributed by atoms with Gasteiger partial charge in [-0.2, -0.15) is 0 Å². The average Bonchev–Trinajstić information content (AvgIpc) is 3.16. The van der Waals surface area contributed by atoms with Gasteiger partial charge in [0.25, 0.3) is 0 Å². The molecule has 0 radical (unpaired) electrons. The zero-order chi connectivity index (χ0) is 15.3. The Morgan fingerprint density at radius 3 is 2.74 bits per heavy atom. The molecular formula is C21H24N2. The lowest BCUT2D eigenvalue weighted by Crippen LogP contribution is -2.54. The molecule has 0 bridgehead atoms. The Balaban J connectivity index is 1.62. The fourth-order valence-electron chi connectivity index (χ4n) is 5.54. The molecule has 2 fully saturated rings. The summed E-state index contributed by atoms with van der Waals surface area (Å²) in [6.07, 6.45) is 5.32. The Labute approximate surface area is 138 Å². The van der Waals surface area contributed by atoms with Crippen LogP contribution in [0.3, 0.4) is 0 Å². The summed E-state index contributed by atoms with van der Waals surface area (Å²) >= 11 is 0. The third kappa shape index (κ3) is 1.85. The van der Waals surface area contributed by atoms with Crippen molar-refractivity contribution in [3.8, 4) is 0 Å². The lowest BCUT2D eigenvalue weighted by atomic mass is 9.65. The minimum Gasteiger partial charge on any atom is -0.363 e. The van der Waals surface area contributed by atoms with E-state index in [9.17, 15) is 0 Å². The van der Waals surface area contributed by atoms with Gasteiger partial charge in [0.05, 0.1) is 0 Å². The molecule has 0 aromatic heterocycles. The molecule has 23 heavy (non-hydrogen) atoms. The number of anilines is 1. The van der Waals surface area contributed by atoms with Crippen molar-refractivity contribution in [1.29, 1.82) is 0 Å². The number of hydrogen-bond acceptors (Lipinski definition) is 2. The number of nitrogens with one attached hydrogen (secondary N) is 1. The van der Waals surface area contributed by atoms with Gasteiger partial charge in [0.15, 0.2) is 0 Å². The molecule has 1 aliphatic carbocycles. The first kappa shape index (κ1) is 13.6. The average molecular weight is 304 g/mol. The van der Waals surface area contributed by atoms with Crippen molar-refractivity contribution in [2.75, 3.05) is 11.4 Å². The Kier molecular flexibility index (Phi) is 3.02. The van der Waals surface area contributed by atoms with Crippen LogP contribution < -0.4 is 10.2 Å². The van der Waals surface area contributed by atoms with E-state index in [1.165, 1.54) is 43.5 Å². The van der Waals surface area contributed by atoms with Crippen molar-refractivity contribution in [1.82, 2.24) is 5.32 Å². The first-order chi connectivity index (χ1) is 11.4. The maximum absolute atomic E-state index is 3.82. The molecule has 2 aliphatic heterocycles. The van der Waals surface area contributed by atoms with Gasteiger partial charge in [0, 0.05) is 29.7 Å². The van der Waals surface area contributed by atoms with Crippen molar-refractivity contribution in [3.63, 3.8) is 0 Å². The Morgan fingerprint density at radius 2 is 1.83 bits per heavy atom. The summed E-state index contributed by atoms with van der Waals surface area (Å²) in [6.45, 7) is 2.21. The summed E-state index contributed by atoms with van der Waals surface area (Å²) in [5, 5.41) is 3.82. The molecule has 1 saturated heterocycles. The van der Waals surface area contributed by atoms with Crippen LogP contribution in [-0.2, 0) is 12.0 Å². The maximum Gasteiger partial charge on any atom is 0.0433 e. The second-order valence-corrected chi connectivity index (χ2v) is 7.37. The molecule has 0 unspecified atom stereocenters. The zero-order valence-corrected chi connectivity index (χ0v) is 13.5. The highest BCUT2D eigenvalue weighted by Gasteiger charge is 2.58. The van der Waals surface area contributed by atoms with Crippen LogP contribution in [0, 0.1) is 0 Å². The first-order valence-corrected chi connectivity index (χ1v) is 9.03. The molecule has 1 spiro atoms. The van der Waals surface area contributed by atoms with Crippen molar-refractivity contribution in [2.24, 2.45) is 0 Å². The number of fused-ring (bicyclic) bond motifs is 1. The summed E-state index contributed by atoms with van der Waals surface area (Å²) in [7, 11) is 0. The molecular weight excluding hydrogens is 280 g/mol. The Bertz CT molecular complexity index is 711. The summed E-state index contributed by atoms with van der Waals surface area (Å²) < 4.78 is 0. The molecule has 2 aromatic carbocycles. The fraction of sp³-hybridized carbons (Fsp3) is 0.429. The van der Waals surface area contributed by atoms with Crippen molar-refractivity contribution in [2.45, 2.75) is 49.7 Å². The Morgan fingerprint density at radius 1 is 1.00 bits per heavy atom. The van der Waals surface area contributed by atoms with E-state index in [0.29, 0.717) is 17.5 Å². The zero-order valence-electron chi connectivity index (χ0n) is 13.5. The van der Waals surface area contributed by atoms with Gasteiger partial charge in [-0.05, 0) is 49.4 Å². The molecule has 3 aliphatic rings. The van der Waals surface area contributed by atoms with Crippen molar-refractivity contribution >= 4 is 5.69 Å². The molecule has 0 amide bonds. The van der Waals surface area contributed by atoms with Crippen LogP contribution in [0.25, 0.3) is 0 Å². The van der Waals surface area contributed by atoms with E-state index < -0.39 is 0 Å². The van der Waals surface area contributed by atoms with E-state index in [1.807, 2.05) is 0 Å². The third-order valence-electron chi connectivity index (χ3n) is 6.40. The Hall–Kier alpha value is -1.80.